The number of halogens is 1. The minimum atomic E-state index is -0.400. The molecule has 0 bridgehead atoms. The standard InChI is InChI=1S/C16H25NO2.ClH/c1-13(2)14-5-7-16(8-6-14)19-12-15(18)11-17-9-3-4-10-17;/h5-8,13,15,18H,3-4,9-12H2,1-2H3;1H/p-1. The average Bonchev–Trinajstić information content (AvgIpc) is 2.89. The summed E-state index contributed by atoms with van der Waals surface area (Å²) in [5, 5.41) is 9.95. The predicted octanol–water partition coefficient (Wildman–Crippen LogP) is -0.350. The Morgan fingerprint density at radius 3 is 2.30 bits per heavy atom. The molecule has 1 atom stereocenters. The lowest BCUT2D eigenvalue weighted by atomic mass is 10.0. The number of nitrogens with zero attached hydrogens (tertiary/aromatic N) is 1. The molecule has 1 aromatic carbocycles. The van der Waals surface area contributed by atoms with E-state index in [1.54, 1.807) is 0 Å². The fourth-order valence-electron chi connectivity index (χ4n) is 2.46. The second-order valence-electron chi connectivity index (χ2n) is 5.70. The van der Waals surface area contributed by atoms with Crippen LogP contribution in [0.25, 0.3) is 0 Å². The molecule has 0 spiro atoms. The van der Waals surface area contributed by atoms with Crippen molar-refractivity contribution >= 4 is 0 Å². The van der Waals surface area contributed by atoms with Crippen molar-refractivity contribution in [3.05, 3.63) is 29.8 Å². The Labute approximate surface area is 128 Å². The molecule has 0 saturated carbocycles. The maximum atomic E-state index is 9.95. The molecule has 114 valence electrons. The van der Waals surface area contributed by atoms with E-state index in [-0.39, 0.29) is 12.4 Å². The third-order valence-corrected chi connectivity index (χ3v) is 3.66. The molecule has 0 radical (unpaired) electrons. The number of aliphatic hydroxyl groups is 1. The maximum Gasteiger partial charge on any atom is 0.119 e. The largest absolute Gasteiger partial charge is 1.00 e. The van der Waals surface area contributed by atoms with Crippen molar-refractivity contribution in [2.75, 3.05) is 26.2 Å². The summed E-state index contributed by atoms with van der Waals surface area (Å²) in [7, 11) is 0. The number of benzene rings is 1. The minimum Gasteiger partial charge on any atom is -1.00 e. The summed E-state index contributed by atoms with van der Waals surface area (Å²) in [5.41, 5.74) is 1.31. The lowest BCUT2D eigenvalue weighted by Gasteiger charge is -2.19. The Kier molecular flexibility index (Phi) is 7.35. The van der Waals surface area contributed by atoms with Crippen molar-refractivity contribution in [3.63, 3.8) is 0 Å². The fourth-order valence-corrected chi connectivity index (χ4v) is 2.46. The number of β-amino-alcohol motifs (C(OH)–C–C–N with tert-alkyl or cyclic N) is 1. The van der Waals surface area contributed by atoms with Gasteiger partial charge in [0.25, 0.3) is 0 Å². The fraction of sp³-hybridized carbons (Fsp3) is 0.625. The highest BCUT2D eigenvalue weighted by molar-refractivity contribution is 5.28. The molecule has 0 amide bonds. The van der Waals surface area contributed by atoms with Gasteiger partial charge in [0.05, 0.1) is 0 Å². The van der Waals surface area contributed by atoms with Crippen LogP contribution in [0.5, 0.6) is 5.75 Å². The van der Waals surface area contributed by atoms with Gasteiger partial charge >= 0.3 is 0 Å². The van der Waals surface area contributed by atoms with Gasteiger partial charge in [-0.15, -0.1) is 0 Å². The van der Waals surface area contributed by atoms with Crippen LogP contribution in [-0.2, 0) is 0 Å². The van der Waals surface area contributed by atoms with Crippen molar-refractivity contribution < 1.29 is 22.3 Å². The first-order valence-electron chi connectivity index (χ1n) is 7.28. The smallest absolute Gasteiger partial charge is 0.119 e. The molecule has 0 aliphatic carbocycles. The van der Waals surface area contributed by atoms with Crippen molar-refractivity contribution in [2.24, 2.45) is 0 Å². The second-order valence-corrected chi connectivity index (χ2v) is 5.70. The van der Waals surface area contributed by atoms with Crippen LogP contribution < -0.4 is 17.1 Å². The molecule has 0 aromatic heterocycles. The maximum absolute atomic E-state index is 9.95. The number of aliphatic hydroxyl groups excluding tert-OH is 1. The average molecular weight is 299 g/mol. The van der Waals surface area contributed by atoms with E-state index in [4.69, 9.17) is 4.74 Å². The Morgan fingerprint density at radius 1 is 1.15 bits per heavy atom. The van der Waals surface area contributed by atoms with Gasteiger partial charge in [-0.05, 0) is 49.5 Å². The molecule has 1 aliphatic heterocycles. The van der Waals surface area contributed by atoms with Crippen molar-refractivity contribution in [1.29, 1.82) is 0 Å². The van der Waals surface area contributed by atoms with Crippen molar-refractivity contribution in [1.82, 2.24) is 4.90 Å². The molecule has 1 unspecified atom stereocenters. The molecular weight excluding hydrogens is 274 g/mol. The minimum absolute atomic E-state index is 0. The highest BCUT2D eigenvalue weighted by atomic mass is 35.5. The molecule has 20 heavy (non-hydrogen) atoms. The third kappa shape index (κ3) is 5.31. The highest BCUT2D eigenvalue weighted by Crippen LogP contribution is 2.18. The van der Waals surface area contributed by atoms with Gasteiger partial charge in [-0.25, -0.2) is 0 Å². The van der Waals surface area contributed by atoms with E-state index < -0.39 is 6.10 Å². The van der Waals surface area contributed by atoms with Crippen LogP contribution in [-0.4, -0.2) is 42.4 Å². The van der Waals surface area contributed by atoms with Gasteiger partial charge in [-0.2, -0.15) is 0 Å². The van der Waals surface area contributed by atoms with Crippen LogP contribution >= 0.6 is 0 Å². The van der Waals surface area contributed by atoms with Gasteiger partial charge in [0.1, 0.15) is 18.5 Å². The molecule has 1 saturated heterocycles. The number of ether oxygens (including phenoxy) is 1. The van der Waals surface area contributed by atoms with Crippen LogP contribution in [0.2, 0.25) is 0 Å². The molecule has 2 rings (SSSR count). The lowest BCUT2D eigenvalue weighted by molar-refractivity contribution is -0.00000629. The predicted molar refractivity (Wildman–Crippen MR) is 77.7 cm³/mol. The summed E-state index contributed by atoms with van der Waals surface area (Å²) in [6.45, 7) is 7.67. The van der Waals surface area contributed by atoms with Gasteiger partial charge in [-0.3, -0.25) is 0 Å². The Morgan fingerprint density at radius 2 is 1.75 bits per heavy atom. The van der Waals surface area contributed by atoms with Gasteiger partial charge in [0.2, 0.25) is 0 Å². The Balaban J connectivity index is 0.00000200. The topological polar surface area (TPSA) is 32.7 Å². The Hall–Kier alpha value is -0.770. The molecule has 1 aromatic rings. The van der Waals surface area contributed by atoms with E-state index in [9.17, 15) is 5.11 Å². The molecular formula is C16H25ClNO2-. The summed E-state index contributed by atoms with van der Waals surface area (Å²) < 4.78 is 5.64. The second kappa shape index (κ2) is 8.50. The van der Waals surface area contributed by atoms with E-state index in [1.165, 1.54) is 18.4 Å². The van der Waals surface area contributed by atoms with Gasteiger partial charge < -0.3 is 27.2 Å². The van der Waals surface area contributed by atoms with Crippen LogP contribution in [0, 0.1) is 0 Å². The van der Waals surface area contributed by atoms with E-state index in [0.29, 0.717) is 12.5 Å². The van der Waals surface area contributed by atoms with Crippen LogP contribution in [0.3, 0.4) is 0 Å². The van der Waals surface area contributed by atoms with E-state index in [2.05, 4.69) is 30.9 Å². The van der Waals surface area contributed by atoms with Crippen LogP contribution in [0.15, 0.2) is 24.3 Å². The highest BCUT2D eigenvalue weighted by Gasteiger charge is 2.16. The van der Waals surface area contributed by atoms with Gasteiger partial charge in [-0.1, -0.05) is 26.0 Å². The first-order valence-corrected chi connectivity index (χ1v) is 7.28. The van der Waals surface area contributed by atoms with Crippen molar-refractivity contribution in [3.8, 4) is 5.75 Å². The number of likely N-dealkylation sites (tertiary alicyclic amines) is 1. The Bertz CT molecular complexity index is 375. The normalized spacial score (nSPS) is 17.0. The molecule has 1 N–H and O–H groups in total. The molecule has 3 nitrogen and oxygen atoms in total. The molecule has 1 aliphatic rings. The summed E-state index contributed by atoms with van der Waals surface area (Å²) in [6, 6.07) is 8.15. The van der Waals surface area contributed by atoms with Crippen LogP contribution in [0.4, 0.5) is 0 Å². The summed E-state index contributed by atoms with van der Waals surface area (Å²) in [5.74, 6) is 1.37. The number of rotatable bonds is 6. The molecule has 4 heteroatoms. The summed E-state index contributed by atoms with van der Waals surface area (Å²) in [6.07, 6.45) is 2.11. The van der Waals surface area contributed by atoms with Crippen molar-refractivity contribution in [2.45, 2.75) is 38.7 Å². The van der Waals surface area contributed by atoms with Gasteiger partial charge in [0, 0.05) is 6.54 Å². The first-order chi connectivity index (χ1) is 9.15. The van der Waals surface area contributed by atoms with E-state index >= 15 is 0 Å². The zero-order valence-corrected chi connectivity index (χ0v) is 13.1. The monoisotopic (exact) mass is 298 g/mol. The zero-order valence-electron chi connectivity index (χ0n) is 12.4. The lowest BCUT2D eigenvalue weighted by Crippen LogP contribution is -3.00. The van der Waals surface area contributed by atoms with Gasteiger partial charge in [0.15, 0.2) is 0 Å². The molecule has 1 fully saturated rings. The SMILES string of the molecule is CC(C)c1ccc(OCC(O)CN2CCCC2)cc1.[Cl-]. The first kappa shape index (κ1) is 17.3. The summed E-state index contributed by atoms with van der Waals surface area (Å²) >= 11 is 0. The summed E-state index contributed by atoms with van der Waals surface area (Å²) in [4.78, 5) is 2.30. The zero-order chi connectivity index (χ0) is 13.7. The molecule has 1 heterocycles. The van der Waals surface area contributed by atoms with E-state index in [0.717, 1.165) is 25.4 Å². The quantitative estimate of drug-likeness (QED) is 0.779. The number of hydrogen-bond acceptors (Lipinski definition) is 3. The third-order valence-electron chi connectivity index (χ3n) is 3.66. The van der Waals surface area contributed by atoms with E-state index in [1.807, 2.05) is 12.1 Å². The van der Waals surface area contributed by atoms with Crippen LogP contribution in [0.1, 0.15) is 38.2 Å². The number of hydrogen-bond donors (Lipinski definition) is 1.